The van der Waals surface area contributed by atoms with Crippen LogP contribution in [0.15, 0.2) is 64.4 Å². The van der Waals surface area contributed by atoms with Crippen molar-refractivity contribution in [3.63, 3.8) is 0 Å². The molecule has 4 rings (SSSR count). The summed E-state index contributed by atoms with van der Waals surface area (Å²) in [4.78, 5) is 29.2. The van der Waals surface area contributed by atoms with E-state index in [2.05, 4.69) is 4.98 Å². The molecule has 0 aliphatic heterocycles. The third kappa shape index (κ3) is 5.13. The highest BCUT2D eigenvalue weighted by Gasteiger charge is 2.18. The summed E-state index contributed by atoms with van der Waals surface area (Å²) in [6.45, 7) is 0.852. The van der Waals surface area contributed by atoms with E-state index in [-0.39, 0.29) is 49.2 Å². The zero-order valence-corrected chi connectivity index (χ0v) is 18.8. The minimum absolute atomic E-state index is 0.171. The molecule has 0 N–H and O–H groups in total. The summed E-state index contributed by atoms with van der Waals surface area (Å²) in [5.74, 6) is -0.665. The number of fused-ring (bicyclic) bond motifs is 1. The molecule has 2 aromatic heterocycles. The van der Waals surface area contributed by atoms with Crippen LogP contribution in [-0.2, 0) is 43.3 Å². The quantitative estimate of drug-likeness (QED) is 0.376. The van der Waals surface area contributed by atoms with E-state index >= 15 is 0 Å². The molecule has 8 nitrogen and oxygen atoms in total. The maximum absolute atomic E-state index is 13.2. The zero-order chi connectivity index (χ0) is 24.2. The molecular formula is C24H24F2N4O4. The van der Waals surface area contributed by atoms with Crippen LogP contribution in [0.1, 0.15) is 11.1 Å². The van der Waals surface area contributed by atoms with E-state index in [9.17, 15) is 18.4 Å². The molecular weight excluding hydrogens is 446 g/mol. The molecule has 1 atom stereocenters. The fraction of sp³-hybridized carbons (Fsp3) is 0.292. The number of aromatic nitrogens is 4. The standard InChI is InChI=1S/C24H24F2N4O4/c1-28-22-21(23(31)29(2)24(28)32)30(15-27-22)11-20(34-13-17-5-9-19(26)10-6-17)14-33-12-16-3-7-18(25)8-4-16/h3-10,15,20H,11-14H2,1-2H3/t20-/m1/s1. The minimum atomic E-state index is -0.496. The van der Waals surface area contributed by atoms with Crippen LogP contribution >= 0.6 is 0 Å². The monoisotopic (exact) mass is 470 g/mol. The Morgan fingerprint density at radius 3 is 2.09 bits per heavy atom. The van der Waals surface area contributed by atoms with Crippen molar-refractivity contribution in [3.8, 4) is 0 Å². The van der Waals surface area contributed by atoms with Gasteiger partial charge in [-0.05, 0) is 35.4 Å². The molecule has 0 aliphatic carbocycles. The SMILES string of the molecule is Cn1c(=O)c2c(ncn2C[C@H](COCc2ccc(F)cc2)OCc2ccc(F)cc2)n(C)c1=O. The summed E-state index contributed by atoms with van der Waals surface area (Å²) in [7, 11) is 2.96. The maximum atomic E-state index is 13.2. The molecule has 0 radical (unpaired) electrons. The molecule has 178 valence electrons. The third-order valence-corrected chi connectivity index (χ3v) is 5.50. The first-order valence-corrected chi connectivity index (χ1v) is 10.6. The normalized spacial score (nSPS) is 12.4. The van der Waals surface area contributed by atoms with Crippen LogP contribution in [0.4, 0.5) is 8.78 Å². The van der Waals surface area contributed by atoms with Gasteiger partial charge in [0.1, 0.15) is 11.6 Å². The van der Waals surface area contributed by atoms with E-state index in [4.69, 9.17) is 9.47 Å². The number of benzene rings is 2. The zero-order valence-electron chi connectivity index (χ0n) is 18.8. The van der Waals surface area contributed by atoms with E-state index in [0.717, 1.165) is 15.7 Å². The van der Waals surface area contributed by atoms with Crippen LogP contribution in [0, 0.1) is 11.6 Å². The Bertz CT molecular complexity index is 1390. The van der Waals surface area contributed by atoms with Gasteiger partial charge in [-0.3, -0.25) is 13.9 Å². The topological polar surface area (TPSA) is 80.3 Å². The smallest absolute Gasteiger partial charge is 0.332 e. The molecule has 34 heavy (non-hydrogen) atoms. The van der Waals surface area contributed by atoms with Crippen molar-refractivity contribution >= 4 is 11.2 Å². The average Bonchev–Trinajstić information content (AvgIpc) is 3.25. The summed E-state index contributed by atoms with van der Waals surface area (Å²) < 4.78 is 42.2. The Balaban J connectivity index is 1.54. The highest BCUT2D eigenvalue weighted by molar-refractivity contribution is 5.69. The van der Waals surface area contributed by atoms with Crippen molar-refractivity contribution in [2.75, 3.05) is 6.61 Å². The van der Waals surface area contributed by atoms with E-state index in [1.807, 2.05) is 0 Å². The van der Waals surface area contributed by atoms with Gasteiger partial charge >= 0.3 is 5.69 Å². The van der Waals surface area contributed by atoms with E-state index in [0.29, 0.717) is 0 Å². The Morgan fingerprint density at radius 2 is 1.47 bits per heavy atom. The molecule has 4 aromatic rings. The second-order valence-electron chi connectivity index (χ2n) is 7.98. The van der Waals surface area contributed by atoms with Gasteiger partial charge in [0.2, 0.25) is 0 Å². The molecule has 0 saturated carbocycles. The van der Waals surface area contributed by atoms with Crippen molar-refractivity contribution in [2.45, 2.75) is 25.9 Å². The van der Waals surface area contributed by atoms with Crippen LogP contribution < -0.4 is 11.2 Å². The lowest BCUT2D eigenvalue weighted by molar-refractivity contribution is -0.0368. The molecule has 2 aromatic carbocycles. The van der Waals surface area contributed by atoms with Gasteiger partial charge in [-0.2, -0.15) is 0 Å². The average molecular weight is 470 g/mol. The third-order valence-electron chi connectivity index (χ3n) is 5.50. The van der Waals surface area contributed by atoms with E-state index in [1.165, 1.54) is 42.2 Å². The van der Waals surface area contributed by atoms with Gasteiger partial charge in [0, 0.05) is 14.1 Å². The second-order valence-corrected chi connectivity index (χ2v) is 7.98. The Labute approximate surface area is 193 Å². The molecule has 0 aliphatic rings. The summed E-state index contributed by atoms with van der Waals surface area (Å²) in [5.41, 5.74) is 1.21. The van der Waals surface area contributed by atoms with Gasteiger partial charge in [0.25, 0.3) is 5.56 Å². The highest BCUT2D eigenvalue weighted by Crippen LogP contribution is 2.12. The fourth-order valence-corrected chi connectivity index (χ4v) is 3.59. The van der Waals surface area contributed by atoms with Gasteiger partial charge in [-0.15, -0.1) is 0 Å². The number of hydrogen-bond acceptors (Lipinski definition) is 5. The van der Waals surface area contributed by atoms with E-state index < -0.39 is 17.4 Å². The predicted octanol–water partition coefficient (Wildman–Crippen LogP) is 2.51. The Kier molecular flexibility index (Phi) is 6.99. The predicted molar refractivity (Wildman–Crippen MR) is 121 cm³/mol. The summed E-state index contributed by atoms with van der Waals surface area (Å²) in [6.07, 6.45) is 0.990. The minimum Gasteiger partial charge on any atom is -0.374 e. The molecule has 0 amide bonds. The van der Waals surface area contributed by atoms with E-state index in [1.54, 1.807) is 35.9 Å². The summed E-state index contributed by atoms with van der Waals surface area (Å²) in [6, 6.07) is 12.0. The molecule has 0 saturated heterocycles. The molecule has 2 heterocycles. The number of rotatable bonds is 9. The van der Waals surface area contributed by atoms with Gasteiger partial charge in [-0.1, -0.05) is 24.3 Å². The van der Waals surface area contributed by atoms with Crippen molar-refractivity contribution < 1.29 is 18.3 Å². The largest absolute Gasteiger partial charge is 0.374 e. The summed E-state index contributed by atoms with van der Waals surface area (Å²) >= 11 is 0. The van der Waals surface area contributed by atoms with Crippen LogP contribution in [0.5, 0.6) is 0 Å². The number of aryl methyl sites for hydroxylation is 1. The van der Waals surface area contributed by atoms with Crippen LogP contribution in [0.3, 0.4) is 0 Å². The van der Waals surface area contributed by atoms with Gasteiger partial charge < -0.3 is 14.0 Å². The first-order valence-electron chi connectivity index (χ1n) is 10.6. The van der Waals surface area contributed by atoms with Crippen LogP contribution in [0.25, 0.3) is 11.2 Å². The second kappa shape index (κ2) is 10.1. The van der Waals surface area contributed by atoms with Gasteiger partial charge in [0.05, 0.1) is 38.8 Å². The van der Waals surface area contributed by atoms with Crippen molar-refractivity contribution in [1.29, 1.82) is 0 Å². The molecule has 0 fully saturated rings. The Morgan fingerprint density at radius 1 is 0.882 bits per heavy atom. The number of ether oxygens (including phenoxy) is 2. The Hall–Kier alpha value is -3.63. The van der Waals surface area contributed by atoms with Crippen molar-refractivity contribution in [2.24, 2.45) is 14.1 Å². The lowest BCUT2D eigenvalue weighted by Gasteiger charge is -2.19. The van der Waals surface area contributed by atoms with Crippen molar-refractivity contribution in [1.82, 2.24) is 18.7 Å². The first kappa shape index (κ1) is 23.5. The molecule has 0 bridgehead atoms. The fourth-order valence-electron chi connectivity index (χ4n) is 3.59. The molecule has 0 unspecified atom stereocenters. The lowest BCUT2D eigenvalue weighted by Crippen LogP contribution is -2.38. The van der Waals surface area contributed by atoms with Crippen LogP contribution in [0.2, 0.25) is 0 Å². The van der Waals surface area contributed by atoms with Gasteiger partial charge in [-0.25, -0.2) is 18.6 Å². The molecule has 0 spiro atoms. The highest BCUT2D eigenvalue weighted by atomic mass is 19.1. The summed E-state index contributed by atoms with van der Waals surface area (Å²) in [5, 5.41) is 0. The number of halogens is 2. The van der Waals surface area contributed by atoms with Crippen LogP contribution in [-0.4, -0.2) is 31.4 Å². The lowest BCUT2D eigenvalue weighted by atomic mass is 10.2. The molecule has 10 heteroatoms. The first-order chi connectivity index (χ1) is 16.3. The maximum Gasteiger partial charge on any atom is 0.332 e. The number of imidazole rings is 1. The van der Waals surface area contributed by atoms with Gasteiger partial charge in [0.15, 0.2) is 11.2 Å². The number of nitrogens with zero attached hydrogens (tertiary/aromatic N) is 4. The number of hydrogen-bond donors (Lipinski definition) is 0. The van der Waals surface area contributed by atoms with Crippen molar-refractivity contribution in [3.05, 3.63) is 98.5 Å².